The Morgan fingerprint density at radius 1 is 1.19 bits per heavy atom. The van der Waals surface area contributed by atoms with E-state index in [1.165, 1.54) is 0 Å². The predicted octanol–water partition coefficient (Wildman–Crippen LogP) is 3.01. The molecule has 1 aromatic carbocycles. The molecular formula is C19H23N5O2. The standard InChI is InChI=1S/C19H23N5O2/c1-13(2)23-9-10-25-17(12-23)18-20-19(26-22-18)16-11-24(21-14(16)3)15-7-5-4-6-8-15/h4-8,11,13,17H,9-10,12H2,1-3H3. The Bertz CT molecular complexity index is 871. The molecule has 2 aromatic heterocycles. The highest BCUT2D eigenvalue weighted by atomic mass is 16.5. The summed E-state index contributed by atoms with van der Waals surface area (Å²) in [6.07, 6.45) is 1.76. The molecule has 0 saturated carbocycles. The molecule has 0 bridgehead atoms. The van der Waals surface area contributed by atoms with Crippen molar-refractivity contribution in [2.75, 3.05) is 19.7 Å². The number of nitrogens with zero attached hydrogens (tertiary/aromatic N) is 5. The summed E-state index contributed by atoms with van der Waals surface area (Å²) in [6.45, 7) is 8.70. The summed E-state index contributed by atoms with van der Waals surface area (Å²) < 4.78 is 13.2. The third-order valence-corrected chi connectivity index (χ3v) is 4.71. The van der Waals surface area contributed by atoms with Crippen LogP contribution in [0.3, 0.4) is 0 Å². The quantitative estimate of drug-likeness (QED) is 0.718. The third kappa shape index (κ3) is 3.27. The largest absolute Gasteiger partial charge is 0.367 e. The van der Waals surface area contributed by atoms with Gasteiger partial charge in [-0.1, -0.05) is 23.4 Å². The molecule has 0 spiro atoms. The van der Waals surface area contributed by atoms with Crippen molar-refractivity contribution in [3.63, 3.8) is 0 Å². The van der Waals surface area contributed by atoms with Crippen molar-refractivity contribution in [2.45, 2.75) is 32.9 Å². The van der Waals surface area contributed by atoms with Gasteiger partial charge >= 0.3 is 0 Å². The number of rotatable bonds is 4. The van der Waals surface area contributed by atoms with Gasteiger partial charge < -0.3 is 9.26 Å². The van der Waals surface area contributed by atoms with Crippen molar-refractivity contribution < 1.29 is 9.26 Å². The lowest BCUT2D eigenvalue weighted by molar-refractivity contribution is -0.0450. The van der Waals surface area contributed by atoms with Crippen LogP contribution >= 0.6 is 0 Å². The van der Waals surface area contributed by atoms with Crippen molar-refractivity contribution in [2.24, 2.45) is 0 Å². The van der Waals surface area contributed by atoms with E-state index in [1.54, 1.807) is 0 Å². The molecule has 1 aliphatic heterocycles. The molecule has 26 heavy (non-hydrogen) atoms. The Kier molecular flexibility index (Phi) is 4.57. The lowest BCUT2D eigenvalue weighted by Gasteiger charge is -2.34. The molecule has 136 valence electrons. The summed E-state index contributed by atoms with van der Waals surface area (Å²) in [4.78, 5) is 6.95. The van der Waals surface area contributed by atoms with E-state index in [1.807, 2.05) is 48.1 Å². The second-order valence-electron chi connectivity index (χ2n) is 6.81. The summed E-state index contributed by atoms with van der Waals surface area (Å²) in [6, 6.07) is 10.4. The van der Waals surface area contributed by atoms with E-state index in [0.717, 1.165) is 30.0 Å². The number of ether oxygens (including phenoxy) is 1. The highest BCUT2D eigenvalue weighted by Gasteiger charge is 2.28. The zero-order chi connectivity index (χ0) is 18.1. The molecule has 7 nitrogen and oxygen atoms in total. The first kappa shape index (κ1) is 16.9. The molecule has 1 atom stereocenters. The van der Waals surface area contributed by atoms with Crippen molar-refractivity contribution >= 4 is 0 Å². The Hall–Kier alpha value is -2.51. The molecular weight excluding hydrogens is 330 g/mol. The number of hydrogen-bond acceptors (Lipinski definition) is 6. The van der Waals surface area contributed by atoms with Gasteiger partial charge in [0.1, 0.15) is 6.10 Å². The number of hydrogen-bond donors (Lipinski definition) is 0. The van der Waals surface area contributed by atoms with E-state index in [4.69, 9.17) is 9.26 Å². The van der Waals surface area contributed by atoms with Crippen LogP contribution in [0.2, 0.25) is 0 Å². The number of aromatic nitrogens is 4. The average Bonchev–Trinajstić information content (AvgIpc) is 3.29. The first-order chi connectivity index (χ1) is 12.6. The molecule has 7 heteroatoms. The number of para-hydroxylation sites is 1. The Morgan fingerprint density at radius 2 is 2.00 bits per heavy atom. The van der Waals surface area contributed by atoms with Crippen molar-refractivity contribution in [3.8, 4) is 17.1 Å². The average molecular weight is 353 g/mol. The topological polar surface area (TPSA) is 69.2 Å². The molecule has 1 saturated heterocycles. The Morgan fingerprint density at radius 3 is 2.77 bits per heavy atom. The van der Waals surface area contributed by atoms with Crippen LogP contribution in [0.4, 0.5) is 0 Å². The monoisotopic (exact) mass is 353 g/mol. The minimum Gasteiger partial charge on any atom is -0.367 e. The van der Waals surface area contributed by atoms with Gasteiger partial charge in [0.05, 0.1) is 23.6 Å². The Balaban J connectivity index is 1.58. The van der Waals surface area contributed by atoms with Crippen LogP contribution in [0.5, 0.6) is 0 Å². The van der Waals surface area contributed by atoms with E-state index >= 15 is 0 Å². The van der Waals surface area contributed by atoms with Crippen molar-refractivity contribution in [1.82, 2.24) is 24.8 Å². The second kappa shape index (κ2) is 7.01. The molecule has 0 N–H and O–H groups in total. The van der Waals surface area contributed by atoms with E-state index < -0.39 is 0 Å². The zero-order valence-electron chi connectivity index (χ0n) is 15.3. The van der Waals surface area contributed by atoms with Gasteiger partial charge in [0.2, 0.25) is 5.82 Å². The van der Waals surface area contributed by atoms with Gasteiger partial charge in [0.25, 0.3) is 5.89 Å². The summed E-state index contributed by atoms with van der Waals surface area (Å²) >= 11 is 0. The molecule has 1 fully saturated rings. The van der Waals surface area contributed by atoms with Gasteiger partial charge in [0.15, 0.2) is 0 Å². The second-order valence-corrected chi connectivity index (χ2v) is 6.81. The van der Waals surface area contributed by atoms with Gasteiger partial charge in [-0.3, -0.25) is 4.90 Å². The zero-order valence-corrected chi connectivity index (χ0v) is 15.3. The lowest BCUT2D eigenvalue weighted by atomic mass is 10.2. The molecule has 0 amide bonds. The maximum absolute atomic E-state index is 5.85. The lowest BCUT2D eigenvalue weighted by Crippen LogP contribution is -2.42. The van der Waals surface area contributed by atoms with Crippen molar-refractivity contribution in [3.05, 3.63) is 48.0 Å². The Labute approximate surface area is 152 Å². The molecule has 4 rings (SSSR count). The van der Waals surface area contributed by atoms with Gasteiger partial charge in [0, 0.05) is 25.3 Å². The molecule has 0 radical (unpaired) electrons. The van der Waals surface area contributed by atoms with Gasteiger partial charge in [-0.2, -0.15) is 10.1 Å². The van der Waals surface area contributed by atoms with Crippen LogP contribution < -0.4 is 0 Å². The minimum absolute atomic E-state index is 0.159. The van der Waals surface area contributed by atoms with Crippen LogP contribution in [-0.2, 0) is 4.74 Å². The number of aryl methyl sites for hydroxylation is 1. The maximum atomic E-state index is 5.85. The van der Waals surface area contributed by atoms with Gasteiger partial charge in [-0.25, -0.2) is 4.68 Å². The van der Waals surface area contributed by atoms with Crippen molar-refractivity contribution in [1.29, 1.82) is 0 Å². The van der Waals surface area contributed by atoms with Crippen LogP contribution in [0.1, 0.15) is 31.5 Å². The summed E-state index contributed by atoms with van der Waals surface area (Å²) in [7, 11) is 0. The van der Waals surface area contributed by atoms with E-state index in [9.17, 15) is 0 Å². The fraction of sp³-hybridized carbons (Fsp3) is 0.421. The fourth-order valence-electron chi connectivity index (χ4n) is 3.15. The molecule has 1 unspecified atom stereocenters. The minimum atomic E-state index is -0.159. The normalized spacial score (nSPS) is 18.5. The van der Waals surface area contributed by atoms with Gasteiger partial charge in [-0.15, -0.1) is 0 Å². The van der Waals surface area contributed by atoms with Gasteiger partial charge in [-0.05, 0) is 32.9 Å². The van der Waals surface area contributed by atoms with Crippen LogP contribution in [0.25, 0.3) is 17.1 Å². The van der Waals surface area contributed by atoms with Crippen LogP contribution in [-0.4, -0.2) is 50.6 Å². The van der Waals surface area contributed by atoms with E-state index in [2.05, 4.69) is 34.0 Å². The van der Waals surface area contributed by atoms with E-state index in [0.29, 0.717) is 24.4 Å². The number of benzene rings is 1. The molecule has 1 aliphatic rings. The highest BCUT2D eigenvalue weighted by molar-refractivity contribution is 5.56. The molecule has 0 aliphatic carbocycles. The summed E-state index contributed by atoms with van der Waals surface area (Å²) in [5.74, 6) is 1.07. The molecule has 3 heterocycles. The first-order valence-corrected chi connectivity index (χ1v) is 8.93. The smallest absolute Gasteiger partial charge is 0.261 e. The first-order valence-electron chi connectivity index (χ1n) is 8.93. The van der Waals surface area contributed by atoms with Crippen LogP contribution in [0, 0.1) is 6.92 Å². The summed E-state index contributed by atoms with van der Waals surface area (Å²) in [5.41, 5.74) is 2.67. The summed E-state index contributed by atoms with van der Waals surface area (Å²) in [5, 5.41) is 8.72. The maximum Gasteiger partial charge on any atom is 0.261 e. The highest BCUT2D eigenvalue weighted by Crippen LogP contribution is 2.26. The fourth-order valence-corrected chi connectivity index (χ4v) is 3.15. The van der Waals surface area contributed by atoms with E-state index in [-0.39, 0.29) is 6.10 Å². The SMILES string of the molecule is Cc1nn(-c2ccccc2)cc1-c1nc(C2CN(C(C)C)CCO2)no1. The predicted molar refractivity (Wildman–Crippen MR) is 97.0 cm³/mol. The number of morpholine rings is 1. The molecule has 3 aromatic rings. The third-order valence-electron chi connectivity index (χ3n) is 4.71. The van der Waals surface area contributed by atoms with Crippen LogP contribution in [0.15, 0.2) is 41.1 Å².